The van der Waals surface area contributed by atoms with E-state index in [0.717, 1.165) is 6.54 Å². The Morgan fingerprint density at radius 2 is 2.00 bits per heavy atom. The second-order valence-electron chi connectivity index (χ2n) is 2.41. The van der Waals surface area contributed by atoms with Crippen LogP contribution in [-0.4, -0.2) is 25.1 Å². The van der Waals surface area contributed by atoms with Crippen LogP contribution in [0.3, 0.4) is 0 Å². The summed E-state index contributed by atoms with van der Waals surface area (Å²) in [5, 5.41) is 3.32. The quantitative estimate of drug-likeness (QED) is 0.574. The summed E-state index contributed by atoms with van der Waals surface area (Å²) in [6, 6.07) is 0. The molecule has 1 N–H and O–H groups in total. The number of hydrogen-bond donors (Lipinski definition) is 1. The lowest BCUT2D eigenvalue weighted by Gasteiger charge is -1.99. The summed E-state index contributed by atoms with van der Waals surface area (Å²) < 4.78 is 0. The van der Waals surface area contributed by atoms with E-state index < -0.39 is 0 Å². The molecule has 0 fully saturated rings. The number of hydrogen-bond acceptors (Lipinski definition) is 2. The summed E-state index contributed by atoms with van der Waals surface area (Å²) >= 11 is 1.95. The van der Waals surface area contributed by atoms with Gasteiger partial charge in [0.15, 0.2) is 0 Å². The summed E-state index contributed by atoms with van der Waals surface area (Å²) in [7, 11) is 0. The predicted octanol–water partition coefficient (Wildman–Crippen LogP) is 2.13. The van der Waals surface area contributed by atoms with Gasteiger partial charge in [0.25, 0.3) is 0 Å². The third-order valence-corrected chi connectivity index (χ3v) is 2.15. The highest BCUT2D eigenvalue weighted by Gasteiger charge is 1.86. The van der Waals surface area contributed by atoms with Gasteiger partial charge in [-0.3, -0.25) is 0 Å². The zero-order valence-electron chi connectivity index (χ0n) is 7.15. The number of rotatable bonds is 7. The van der Waals surface area contributed by atoms with Gasteiger partial charge in [-0.2, -0.15) is 11.8 Å². The standard InChI is InChI=1S/C8H19NS/c1-3-9-7-5-4-6-8-10-2/h9H,3-8H2,1-2H3. The second-order valence-corrected chi connectivity index (χ2v) is 3.39. The van der Waals surface area contributed by atoms with Crippen LogP contribution in [0.1, 0.15) is 26.2 Å². The van der Waals surface area contributed by atoms with Crippen LogP contribution in [0.2, 0.25) is 0 Å². The van der Waals surface area contributed by atoms with Crippen LogP contribution in [0, 0.1) is 0 Å². The van der Waals surface area contributed by atoms with Crippen LogP contribution in [0.25, 0.3) is 0 Å². The Hall–Kier alpha value is 0.310. The monoisotopic (exact) mass is 161 g/mol. The van der Waals surface area contributed by atoms with Gasteiger partial charge in [0.05, 0.1) is 0 Å². The maximum absolute atomic E-state index is 3.32. The molecule has 10 heavy (non-hydrogen) atoms. The fraction of sp³-hybridized carbons (Fsp3) is 1.00. The lowest BCUT2D eigenvalue weighted by molar-refractivity contribution is 0.636. The van der Waals surface area contributed by atoms with Gasteiger partial charge in [0.1, 0.15) is 0 Å². The van der Waals surface area contributed by atoms with E-state index in [4.69, 9.17) is 0 Å². The topological polar surface area (TPSA) is 12.0 Å². The van der Waals surface area contributed by atoms with Crippen LogP contribution in [0.15, 0.2) is 0 Å². The molecule has 0 aliphatic rings. The minimum atomic E-state index is 1.11. The highest BCUT2D eigenvalue weighted by Crippen LogP contribution is 2.00. The Labute approximate surface area is 69.0 Å². The molecule has 0 aromatic rings. The van der Waals surface area contributed by atoms with Crippen molar-refractivity contribution < 1.29 is 0 Å². The molecule has 0 saturated carbocycles. The normalized spacial score (nSPS) is 10.2. The van der Waals surface area contributed by atoms with Crippen LogP contribution in [0.5, 0.6) is 0 Å². The number of nitrogens with one attached hydrogen (secondary N) is 1. The first-order valence-electron chi connectivity index (χ1n) is 4.11. The maximum Gasteiger partial charge on any atom is -0.00490 e. The molecule has 0 unspecified atom stereocenters. The average molecular weight is 161 g/mol. The summed E-state index contributed by atoms with van der Waals surface area (Å²) in [5.74, 6) is 1.33. The Morgan fingerprint density at radius 1 is 1.20 bits per heavy atom. The molecule has 0 saturated heterocycles. The van der Waals surface area contributed by atoms with Crippen molar-refractivity contribution in [2.24, 2.45) is 0 Å². The van der Waals surface area contributed by atoms with E-state index in [1.807, 2.05) is 11.8 Å². The molecule has 0 spiro atoms. The van der Waals surface area contributed by atoms with Crippen molar-refractivity contribution in [2.75, 3.05) is 25.1 Å². The van der Waals surface area contributed by atoms with Gasteiger partial charge < -0.3 is 5.32 Å². The molecule has 0 atom stereocenters. The van der Waals surface area contributed by atoms with Crippen molar-refractivity contribution in [3.8, 4) is 0 Å². The third kappa shape index (κ3) is 8.31. The van der Waals surface area contributed by atoms with E-state index in [0.29, 0.717) is 0 Å². The lowest BCUT2D eigenvalue weighted by atomic mass is 10.2. The molecule has 0 rings (SSSR count). The fourth-order valence-electron chi connectivity index (χ4n) is 0.850. The molecular formula is C8H19NS. The van der Waals surface area contributed by atoms with Crippen LogP contribution in [0.4, 0.5) is 0 Å². The van der Waals surface area contributed by atoms with Gasteiger partial charge in [-0.15, -0.1) is 0 Å². The van der Waals surface area contributed by atoms with Gasteiger partial charge in [-0.25, -0.2) is 0 Å². The molecule has 0 aliphatic heterocycles. The van der Waals surface area contributed by atoms with E-state index in [1.54, 1.807) is 0 Å². The molecule has 0 aromatic heterocycles. The predicted molar refractivity (Wildman–Crippen MR) is 50.8 cm³/mol. The minimum Gasteiger partial charge on any atom is -0.317 e. The summed E-state index contributed by atoms with van der Waals surface area (Å²) in [6.45, 7) is 4.47. The van der Waals surface area contributed by atoms with Crippen molar-refractivity contribution >= 4 is 11.8 Å². The number of thioether (sulfide) groups is 1. The smallest absolute Gasteiger partial charge is 0.00490 e. The fourth-order valence-corrected chi connectivity index (χ4v) is 1.34. The van der Waals surface area contributed by atoms with Crippen LogP contribution < -0.4 is 5.32 Å². The van der Waals surface area contributed by atoms with Crippen molar-refractivity contribution in [3.63, 3.8) is 0 Å². The number of unbranched alkanes of at least 4 members (excludes halogenated alkanes) is 2. The zero-order chi connectivity index (χ0) is 7.66. The molecule has 0 bridgehead atoms. The molecule has 2 heteroatoms. The summed E-state index contributed by atoms with van der Waals surface area (Å²) in [4.78, 5) is 0. The van der Waals surface area contributed by atoms with Crippen molar-refractivity contribution in [1.82, 2.24) is 5.32 Å². The molecule has 0 heterocycles. The third-order valence-electron chi connectivity index (χ3n) is 1.45. The summed E-state index contributed by atoms with van der Waals surface area (Å²) in [6.07, 6.45) is 6.28. The van der Waals surface area contributed by atoms with Gasteiger partial charge in [0, 0.05) is 0 Å². The average Bonchev–Trinajstić information content (AvgIpc) is 1.97. The van der Waals surface area contributed by atoms with E-state index in [-0.39, 0.29) is 0 Å². The maximum atomic E-state index is 3.32. The van der Waals surface area contributed by atoms with E-state index >= 15 is 0 Å². The first kappa shape index (κ1) is 10.3. The van der Waals surface area contributed by atoms with E-state index in [1.165, 1.54) is 31.6 Å². The SMILES string of the molecule is CCNCCCCCSC. The van der Waals surface area contributed by atoms with Gasteiger partial charge in [-0.1, -0.05) is 13.3 Å². The Balaban J connectivity index is 2.65. The zero-order valence-corrected chi connectivity index (χ0v) is 7.97. The first-order chi connectivity index (χ1) is 4.91. The molecule has 0 aromatic carbocycles. The van der Waals surface area contributed by atoms with Gasteiger partial charge >= 0.3 is 0 Å². The highest BCUT2D eigenvalue weighted by molar-refractivity contribution is 7.98. The first-order valence-corrected chi connectivity index (χ1v) is 5.50. The Kier molecular flexibility index (Phi) is 9.60. The molecular weight excluding hydrogens is 142 g/mol. The molecule has 1 nitrogen and oxygen atoms in total. The second kappa shape index (κ2) is 9.31. The molecule has 0 radical (unpaired) electrons. The van der Waals surface area contributed by atoms with Crippen molar-refractivity contribution in [2.45, 2.75) is 26.2 Å². The van der Waals surface area contributed by atoms with E-state index in [2.05, 4.69) is 18.5 Å². The van der Waals surface area contributed by atoms with Gasteiger partial charge in [0.2, 0.25) is 0 Å². The van der Waals surface area contributed by atoms with Crippen LogP contribution >= 0.6 is 11.8 Å². The summed E-state index contributed by atoms with van der Waals surface area (Å²) in [5.41, 5.74) is 0. The lowest BCUT2D eigenvalue weighted by Crippen LogP contribution is -2.13. The minimum absolute atomic E-state index is 1.11. The van der Waals surface area contributed by atoms with Crippen molar-refractivity contribution in [1.29, 1.82) is 0 Å². The molecule has 62 valence electrons. The molecule has 0 amide bonds. The van der Waals surface area contributed by atoms with Crippen molar-refractivity contribution in [3.05, 3.63) is 0 Å². The Morgan fingerprint density at radius 3 is 2.60 bits per heavy atom. The largest absolute Gasteiger partial charge is 0.317 e. The van der Waals surface area contributed by atoms with E-state index in [9.17, 15) is 0 Å². The molecule has 0 aliphatic carbocycles. The Bertz CT molecular complexity index is 49.2. The highest BCUT2D eigenvalue weighted by atomic mass is 32.2. The van der Waals surface area contributed by atoms with Crippen LogP contribution in [-0.2, 0) is 0 Å². The van der Waals surface area contributed by atoms with Gasteiger partial charge in [-0.05, 0) is 37.9 Å².